The number of halogens is 2. The van der Waals surface area contributed by atoms with E-state index in [0.717, 1.165) is 21.7 Å². The Balaban J connectivity index is 2.27. The molecular weight excluding hydrogens is 275 g/mol. The quantitative estimate of drug-likeness (QED) is 0.600. The zero-order valence-corrected chi connectivity index (χ0v) is 13.0. The normalized spacial score (nSPS) is 12.7. The van der Waals surface area contributed by atoms with Gasteiger partial charge in [-0.15, -0.1) is 11.6 Å². The van der Waals surface area contributed by atoms with E-state index in [9.17, 15) is 0 Å². The standard InChI is InChI=1S/C17H18Cl2/c1-11(2)13-4-6-14(7-5-13)17(19)15-8-9-16(18)12(3)10-15/h4-11,17H,1-3H3. The summed E-state index contributed by atoms with van der Waals surface area (Å²) in [7, 11) is 0. The van der Waals surface area contributed by atoms with Crippen molar-refractivity contribution in [2.45, 2.75) is 32.1 Å². The Bertz CT molecular complexity index is 556. The lowest BCUT2D eigenvalue weighted by Gasteiger charge is -2.13. The first-order valence-corrected chi connectivity index (χ1v) is 7.30. The summed E-state index contributed by atoms with van der Waals surface area (Å²) < 4.78 is 0. The van der Waals surface area contributed by atoms with Gasteiger partial charge in [0.1, 0.15) is 0 Å². The summed E-state index contributed by atoms with van der Waals surface area (Å²) in [5.41, 5.74) is 4.59. The molecule has 0 amide bonds. The van der Waals surface area contributed by atoms with Crippen LogP contribution in [0.15, 0.2) is 42.5 Å². The van der Waals surface area contributed by atoms with E-state index in [-0.39, 0.29) is 5.38 Å². The molecule has 0 spiro atoms. The highest BCUT2D eigenvalue weighted by Crippen LogP contribution is 2.31. The summed E-state index contributed by atoms with van der Waals surface area (Å²) in [6, 6.07) is 14.5. The molecule has 2 heteroatoms. The second kappa shape index (κ2) is 5.98. The number of benzene rings is 2. The lowest BCUT2D eigenvalue weighted by molar-refractivity contribution is 0.865. The highest BCUT2D eigenvalue weighted by Gasteiger charge is 2.12. The van der Waals surface area contributed by atoms with Crippen LogP contribution >= 0.6 is 23.2 Å². The Labute approximate surface area is 125 Å². The summed E-state index contributed by atoms with van der Waals surface area (Å²) in [5, 5.41) is 0.653. The predicted octanol–water partition coefficient (Wildman–Crippen LogP) is 6.10. The SMILES string of the molecule is Cc1cc(C(Cl)c2ccc(C(C)C)cc2)ccc1Cl. The molecule has 19 heavy (non-hydrogen) atoms. The van der Waals surface area contributed by atoms with Gasteiger partial charge in [0.25, 0.3) is 0 Å². The molecule has 0 fully saturated rings. The van der Waals surface area contributed by atoms with Crippen LogP contribution in [0.4, 0.5) is 0 Å². The molecule has 0 radical (unpaired) electrons. The van der Waals surface area contributed by atoms with Crippen molar-refractivity contribution in [1.29, 1.82) is 0 Å². The Morgan fingerprint density at radius 3 is 1.89 bits per heavy atom. The lowest BCUT2D eigenvalue weighted by Crippen LogP contribution is -1.95. The Hall–Kier alpha value is -0.980. The molecule has 1 atom stereocenters. The molecule has 0 saturated heterocycles. The largest absolute Gasteiger partial charge is 0.113 e. The molecule has 0 aromatic heterocycles. The second-order valence-corrected chi connectivity index (χ2v) is 6.04. The molecule has 2 aromatic carbocycles. The number of alkyl halides is 1. The molecule has 0 N–H and O–H groups in total. The molecule has 0 aliphatic rings. The van der Waals surface area contributed by atoms with E-state index in [4.69, 9.17) is 23.2 Å². The van der Waals surface area contributed by atoms with E-state index in [1.165, 1.54) is 5.56 Å². The molecule has 1 unspecified atom stereocenters. The van der Waals surface area contributed by atoms with Crippen LogP contribution in [-0.4, -0.2) is 0 Å². The molecule has 0 aliphatic carbocycles. The first-order valence-electron chi connectivity index (χ1n) is 6.49. The third-order valence-electron chi connectivity index (χ3n) is 3.37. The third-order valence-corrected chi connectivity index (χ3v) is 4.30. The maximum absolute atomic E-state index is 6.54. The Morgan fingerprint density at radius 2 is 1.37 bits per heavy atom. The maximum Gasteiger partial charge on any atom is 0.0835 e. The van der Waals surface area contributed by atoms with Crippen LogP contribution in [0, 0.1) is 6.92 Å². The van der Waals surface area contributed by atoms with Crippen molar-refractivity contribution in [2.75, 3.05) is 0 Å². The summed E-state index contributed by atoms with van der Waals surface area (Å²) in [6.45, 7) is 6.38. The Kier molecular flexibility index (Phi) is 4.54. The monoisotopic (exact) mass is 292 g/mol. The predicted molar refractivity (Wildman–Crippen MR) is 84.4 cm³/mol. The van der Waals surface area contributed by atoms with Crippen LogP contribution in [0.1, 0.15) is 47.4 Å². The van der Waals surface area contributed by atoms with Gasteiger partial charge in [0, 0.05) is 5.02 Å². The van der Waals surface area contributed by atoms with E-state index < -0.39 is 0 Å². The topological polar surface area (TPSA) is 0 Å². The van der Waals surface area contributed by atoms with Crippen LogP contribution < -0.4 is 0 Å². The summed E-state index contributed by atoms with van der Waals surface area (Å²) in [5.74, 6) is 0.542. The van der Waals surface area contributed by atoms with E-state index >= 15 is 0 Å². The van der Waals surface area contributed by atoms with E-state index in [2.05, 4.69) is 44.2 Å². The molecule has 0 aliphatic heterocycles. The van der Waals surface area contributed by atoms with Crippen molar-refractivity contribution in [3.05, 3.63) is 69.7 Å². The van der Waals surface area contributed by atoms with Crippen molar-refractivity contribution in [3.63, 3.8) is 0 Å². The van der Waals surface area contributed by atoms with Gasteiger partial charge >= 0.3 is 0 Å². The van der Waals surface area contributed by atoms with Crippen LogP contribution in [0.5, 0.6) is 0 Å². The van der Waals surface area contributed by atoms with Gasteiger partial charge in [0.2, 0.25) is 0 Å². The minimum atomic E-state index is -0.128. The van der Waals surface area contributed by atoms with E-state index in [1.807, 2.05) is 19.1 Å². The zero-order chi connectivity index (χ0) is 14.0. The van der Waals surface area contributed by atoms with Gasteiger partial charge in [0.05, 0.1) is 5.38 Å². The van der Waals surface area contributed by atoms with Gasteiger partial charge in [0.15, 0.2) is 0 Å². The fourth-order valence-corrected chi connectivity index (χ4v) is 2.47. The highest BCUT2D eigenvalue weighted by atomic mass is 35.5. The maximum atomic E-state index is 6.54. The van der Waals surface area contributed by atoms with Crippen molar-refractivity contribution < 1.29 is 0 Å². The van der Waals surface area contributed by atoms with Crippen molar-refractivity contribution in [2.24, 2.45) is 0 Å². The van der Waals surface area contributed by atoms with Gasteiger partial charge in [-0.1, -0.05) is 61.8 Å². The molecule has 0 saturated carbocycles. The van der Waals surface area contributed by atoms with Crippen molar-refractivity contribution in [3.8, 4) is 0 Å². The van der Waals surface area contributed by atoms with Crippen molar-refractivity contribution in [1.82, 2.24) is 0 Å². The fourth-order valence-electron chi connectivity index (χ4n) is 2.07. The van der Waals surface area contributed by atoms with Crippen LogP contribution in [0.25, 0.3) is 0 Å². The number of aryl methyl sites for hydroxylation is 1. The average Bonchev–Trinajstić information content (AvgIpc) is 2.41. The van der Waals surface area contributed by atoms with Gasteiger partial charge in [-0.3, -0.25) is 0 Å². The summed E-state index contributed by atoms with van der Waals surface area (Å²) >= 11 is 12.6. The lowest BCUT2D eigenvalue weighted by atomic mass is 9.98. The number of rotatable bonds is 3. The molecule has 2 rings (SSSR count). The summed E-state index contributed by atoms with van der Waals surface area (Å²) in [6.07, 6.45) is 0. The number of hydrogen-bond donors (Lipinski definition) is 0. The van der Waals surface area contributed by atoms with Gasteiger partial charge in [-0.2, -0.15) is 0 Å². The highest BCUT2D eigenvalue weighted by molar-refractivity contribution is 6.31. The minimum absolute atomic E-state index is 0.128. The average molecular weight is 293 g/mol. The van der Waals surface area contributed by atoms with Crippen LogP contribution in [-0.2, 0) is 0 Å². The molecule has 2 aromatic rings. The van der Waals surface area contributed by atoms with Crippen LogP contribution in [0.3, 0.4) is 0 Å². The van der Waals surface area contributed by atoms with Gasteiger partial charge < -0.3 is 0 Å². The fraction of sp³-hybridized carbons (Fsp3) is 0.294. The summed E-state index contributed by atoms with van der Waals surface area (Å²) in [4.78, 5) is 0. The molecule has 100 valence electrons. The molecule has 0 nitrogen and oxygen atoms in total. The first-order chi connectivity index (χ1) is 8.99. The van der Waals surface area contributed by atoms with Gasteiger partial charge in [-0.05, 0) is 41.2 Å². The molecule has 0 bridgehead atoms. The molecule has 0 heterocycles. The minimum Gasteiger partial charge on any atom is -0.113 e. The number of hydrogen-bond acceptors (Lipinski definition) is 0. The van der Waals surface area contributed by atoms with Crippen LogP contribution in [0.2, 0.25) is 5.02 Å². The van der Waals surface area contributed by atoms with Crippen molar-refractivity contribution >= 4 is 23.2 Å². The van der Waals surface area contributed by atoms with E-state index in [1.54, 1.807) is 0 Å². The van der Waals surface area contributed by atoms with E-state index in [0.29, 0.717) is 5.92 Å². The molecular formula is C17H18Cl2. The first kappa shape index (κ1) is 14.4. The Morgan fingerprint density at radius 1 is 0.842 bits per heavy atom. The second-order valence-electron chi connectivity index (χ2n) is 5.19. The zero-order valence-electron chi connectivity index (χ0n) is 11.5. The smallest absolute Gasteiger partial charge is 0.0835 e. The third kappa shape index (κ3) is 3.32. The van der Waals surface area contributed by atoms with Gasteiger partial charge in [-0.25, -0.2) is 0 Å².